The summed E-state index contributed by atoms with van der Waals surface area (Å²) in [4.78, 5) is 14.1. The van der Waals surface area contributed by atoms with E-state index in [1.54, 1.807) is 0 Å². The molecule has 4 nitrogen and oxygen atoms in total. The Hall–Kier alpha value is -0.770. The van der Waals surface area contributed by atoms with Gasteiger partial charge in [0, 0.05) is 18.6 Å². The lowest BCUT2D eigenvalue weighted by Gasteiger charge is -2.30. The van der Waals surface area contributed by atoms with Crippen LogP contribution < -0.4 is 5.32 Å². The van der Waals surface area contributed by atoms with Gasteiger partial charge in [-0.2, -0.15) is 0 Å². The minimum Gasteiger partial charge on any atom is -0.444 e. The molecule has 0 saturated carbocycles. The second-order valence-electron chi connectivity index (χ2n) is 5.77. The van der Waals surface area contributed by atoms with Crippen LogP contribution in [0.5, 0.6) is 0 Å². The van der Waals surface area contributed by atoms with Crippen molar-refractivity contribution in [3.63, 3.8) is 0 Å². The number of rotatable bonds is 0. The topological polar surface area (TPSA) is 41.6 Å². The molecule has 1 unspecified atom stereocenters. The van der Waals surface area contributed by atoms with Crippen molar-refractivity contribution in [1.82, 2.24) is 10.2 Å². The molecule has 16 heavy (non-hydrogen) atoms. The zero-order chi connectivity index (χ0) is 11.8. The molecule has 1 N–H and O–H groups in total. The summed E-state index contributed by atoms with van der Waals surface area (Å²) < 4.78 is 5.47. The average Bonchev–Trinajstić information content (AvgIpc) is 2.36. The van der Waals surface area contributed by atoms with Crippen molar-refractivity contribution in [3.05, 3.63) is 0 Å². The van der Waals surface area contributed by atoms with Crippen LogP contribution in [-0.4, -0.2) is 41.8 Å². The van der Waals surface area contributed by atoms with Gasteiger partial charge >= 0.3 is 6.09 Å². The Morgan fingerprint density at radius 2 is 1.94 bits per heavy atom. The lowest BCUT2D eigenvalue weighted by atomic mass is 10.1. The Morgan fingerprint density at radius 3 is 2.62 bits per heavy atom. The number of amides is 1. The van der Waals surface area contributed by atoms with Gasteiger partial charge in [0.05, 0.1) is 0 Å². The van der Waals surface area contributed by atoms with Gasteiger partial charge in [-0.1, -0.05) is 0 Å². The van der Waals surface area contributed by atoms with Gasteiger partial charge in [-0.3, -0.25) is 0 Å². The van der Waals surface area contributed by atoms with E-state index in [0.717, 1.165) is 32.4 Å². The number of hydrogen-bond donors (Lipinski definition) is 1. The first-order valence-corrected chi connectivity index (χ1v) is 6.19. The molecular formula is C12H22N2O2. The van der Waals surface area contributed by atoms with E-state index in [1.165, 1.54) is 0 Å². The summed E-state index contributed by atoms with van der Waals surface area (Å²) in [5, 5.41) is 3.38. The van der Waals surface area contributed by atoms with E-state index in [-0.39, 0.29) is 6.09 Å². The lowest BCUT2D eigenvalue weighted by Crippen LogP contribution is -2.45. The van der Waals surface area contributed by atoms with E-state index in [9.17, 15) is 4.79 Å². The summed E-state index contributed by atoms with van der Waals surface area (Å²) in [5.74, 6) is 0. The maximum atomic E-state index is 12.1. The fourth-order valence-corrected chi connectivity index (χ4v) is 2.60. The summed E-state index contributed by atoms with van der Waals surface area (Å²) >= 11 is 0. The van der Waals surface area contributed by atoms with Gasteiger partial charge in [0.1, 0.15) is 5.60 Å². The highest BCUT2D eigenvalue weighted by Crippen LogP contribution is 2.29. The third kappa shape index (κ3) is 2.48. The number of nitrogens with zero attached hydrogens (tertiary/aromatic N) is 1. The minimum absolute atomic E-state index is 0.135. The standard InChI is InChI=1S/C12H22N2O2/c1-12(2,3)16-11(15)14-9-4-5-10(14)8-13-7-6-9/h9-10,13H,4-8H2,1-3H3/t9?,10-/m1/s1. The molecule has 2 aliphatic rings. The van der Waals surface area contributed by atoms with E-state index >= 15 is 0 Å². The van der Waals surface area contributed by atoms with Gasteiger partial charge in [-0.15, -0.1) is 0 Å². The summed E-state index contributed by atoms with van der Waals surface area (Å²) in [5.41, 5.74) is -0.393. The molecule has 0 radical (unpaired) electrons. The van der Waals surface area contributed by atoms with Gasteiger partial charge in [0.2, 0.25) is 0 Å². The van der Waals surface area contributed by atoms with Gasteiger partial charge in [0.15, 0.2) is 0 Å². The van der Waals surface area contributed by atoms with Crippen molar-refractivity contribution in [2.45, 2.75) is 57.7 Å². The van der Waals surface area contributed by atoms with E-state index < -0.39 is 5.60 Å². The van der Waals surface area contributed by atoms with Crippen LogP contribution in [0.2, 0.25) is 0 Å². The fraction of sp³-hybridized carbons (Fsp3) is 0.917. The van der Waals surface area contributed by atoms with Crippen LogP contribution in [0, 0.1) is 0 Å². The molecule has 0 aromatic heterocycles. The van der Waals surface area contributed by atoms with E-state index in [4.69, 9.17) is 4.74 Å². The second-order valence-corrected chi connectivity index (χ2v) is 5.77. The van der Waals surface area contributed by atoms with Crippen molar-refractivity contribution in [3.8, 4) is 0 Å². The number of carbonyl (C=O) groups is 1. The summed E-state index contributed by atoms with van der Waals surface area (Å²) in [6.45, 7) is 7.69. The molecule has 0 aromatic rings. The SMILES string of the molecule is CC(C)(C)OC(=O)N1C2CCNC[C@H]1CC2. The predicted octanol–water partition coefficient (Wildman–Crippen LogP) is 1.75. The maximum Gasteiger partial charge on any atom is 0.410 e. The fourth-order valence-electron chi connectivity index (χ4n) is 2.60. The van der Waals surface area contributed by atoms with Gasteiger partial charge in [-0.05, 0) is 46.6 Å². The molecule has 2 saturated heterocycles. The van der Waals surface area contributed by atoms with Crippen molar-refractivity contribution < 1.29 is 9.53 Å². The smallest absolute Gasteiger partial charge is 0.410 e. The normalized spacial score (nSPS) is 30.1. The molecule has 4 heteroatoms. The molecule has 2 aliphatic heterocycles. The Labute approximate surface area is 97.3 Å². The van der Waals surface area contributed by atoms with E-state index in [1.807, 2.05) is 25.7 Å². The first kappa shape index (κ1) is 11.7. The van der Waals surface area contributed by atoms with Gasteiger partial charge in [-0.25, -0.2) is 4.79 Å². The number of ether oxygens (including phenoxy) is 1. The van der Waals surface area contributed by atoms with Crippen LogP contribution in [0.1, 0.15) is 40.0 Å². The summed E-state index contributed by atoms with van der Waals surface area (Å²) in [6.07, 6.45) is 3.15. The quantitative estimate of drug-likeness (QED) is 0.684. The van der Waals surface area contributed by atoms with Crippen LogP contribution in [-0.2, 0) is 4.74 Å². The number of carbonyl (C=O) groups excluding carboxylic acids is 1. The van der Waals surface area contributed by atoms with Crippen LogP contribution in [0.4, 0.5) is 4.79 Å². The zero-order valence-electron chi connectivity index (χ0n) is 10.5. The molecule has 2 heterocycles. The van der Waals surface area contributed by atoms with E-state index in [2.05, 4.69) is 5.32 Å². The highest BCUT2D eigenvalue weighted by Gasteiger charge is 2.39. The van der Waals surface area contributed by atoms with Crippen LogP contribution in [0.3, 0.4) is 0 Å². The van der Waals surface area contributed by atoms with Crippen molar-refractivity contribution in [2.75, 3.05) is 13.1 Å². The molecule has 0 aliphatic carbocycles. The number of fused-ring (bicyclic) bond motifs is 2. The molecule has 2 fully saturated rings. The molecule has 0 spiro atoms. The first-order valence-electron chi connectivity index (χ1n) is 6.19. The molecule has 92 valence electrons. The number of hydrogen-bond acceptors (Lipinski definition) is 3. The first-order chi connectivity index (χ1) is 7.47. The molecule has 1 amide bonds. The van der Waals surface area contributed by atoms with Crippen LogP contribution in [0.25, 0.3) is 0 Å². The van der Waals surface area contributed by atoms with E-state index in [0.29, 0.717) is 12.1 Å². The Morgan fingerprint density at radius 1 is 1.25 bits per heavy atom. The molecule has 2 atom stereocenters. The highest BCUT2D eigenvalue weighted by atomic mass is 16.6. The molecule has 2 bridgehead atoms. The molecule has 0 aromatic carbocycles. The van der Waals surface area contributed by atoms with Crippen molar-refractivity contribution in [2.24, 2.45) is 0 Å². The zero-order valence-corrected chi connectivity index (χ0v) is 10.5. The highest BCUT2D eigenvalue weighted by molar-refractivity contribution is 5.69. The lowest BCUT2D eigenvalue weighted by molar-refractivity contribution is 0.0161. The monoisotopic (exact) mass is 226 g/mol. The maximum absolute atomic E-state index is 12.1. The van der Waals surface area contributed by atoms with Crippen LogP contribution >= 0.6 is 0 Å². The van der Waals surface area contributed by atoms with Crippen LogP contribution in [0.15, 0.2) is 0 Å². The third-order valence-corrected chi connectivity index (χ3v) is 3.26. The Balaban J connectivity index is 2.05. The van der Waals surface area contributed by atoms with Crippen molar-refractivity contribution >= 4 is 6.09 Å². The third-order valence-electron chi connectivity index (χ3n) is 3.26. The Bertz CT molecular complexity index is 259. The number of nitrogens with one attached hydrogen (secondary N) is 1. The van der Waals surface area contributed by atoms with Crippen molar-refractivity contribution in [1.29, 1.82) is 0 Å². The molecule has 2 rings (SSSR count). The second kappa shape index (κ2) is 4.24. The predicted molar refractivity (Wildman–Crippen MR) is 62.4 cm³/mol. The average molecular weight is 226 g/mol. The van der Waals surface area contributed by atoms with Gasteiger partial charge in [0.25, 0.3) is 0 Å². The molecular weight excluding hydrogens is 204 g/mol. The van der Waals surface area contributed by atoms with Gasteiger partial charge < -0.3 is 15.0 Å². The largest absolute Gasteiger partial charge is 0.444 e. The summed E-state index contributed by atoms with van der Waals surface area (Å²) in [6, 6.07) is 0.720. The minimum atomic E-state index is -0.393. The summed E-state index contributed by atoms with van der Waals surface area (Å²) in [7, 11) is 0. The Kier molecular flexibility index (Phi) is 3.10.